The maximum absolute atomic E-state index is 13.1. The SMILES string of the molecule is COC(=O)N1CCC(N2CCC(n3c4c(n(S(C)(=O)=O)c3=O)=CCCC=4)CC2)CC1. The molecular weight excluding hydrogens is 408 g/mol. The van der Waals surface area contributed by atoms with Gasteiger partial charge in [-0.2, -0.15) is 3.97 Å². The Kier molecular flexibility index (Phi) is 5.80. The summed E-state index contributed by atoms with van der Waals surface area (Å²) in [4.78, 5) is 28.9. The molecule has 3 heterocycles. The summed E-state index contributed by atoms with van der Waals surface area (Å²) in [5.41, 5.74) is -0.443. The summed E-state index contributed by atoms with van der Waals surface area (Å²) in [6, 6.07) is 0.432. The van der Waals surface area contributed by atoms with Gasteiger partial charge in [0, 0.05) is 38.3 Å². The largest absolute Gasteiger partial charge is 0.453 e. The third-order valence-electron chi connectivity index (χ3n) is 6.57. The van der Waals surface area contributed by atoms with Crippen LogP contribution >= 0.6 is 0 Å². The number of rotatable bonds is 3. The molecule has 10 heteroatoms. The van der Waals surface area contributed by atoms with Crippen molar-refractivity contribution in [3.63, 3.8) is 0 Å². The molecule has 3 aliphatic rings. The minimum atomic E-state index is -3.66. The maximum Gasteiger partial charge on any atom is 0.409 e. The third-order valence-corrected chi connectivity index (χ3v) is 7.59. The van der Waals surface area contributed by atoms with Crippen molar-refractivity contribution < 1.29 is 17.9 Å². The number of piperidine rings is 2. The smallest absolute Gasteiger partial charge is 0.409 e. The van der Waals surface area contributed by atoms with Crippen LogP contribution in [0.4, 0.5) is 4.79 Å². The van der Waals surface area contributed by atoms with Crippen molar-refractivity contribution in [1.29, 1.82) is 0 Å². The van der Waals surface area contributed by atoms with Gasteiger partial charge in [-0.1, -0.05) is 12.2 Å². The Morgan fingerprint density at radius 1 is 0.967 bits per heavy atom. The van der Waals surface area contributed by atoms with Crippen LogP contribution in [-0.2, 0) is 14.8 Å². The molecule has 1 aromatic heterocycles. The van der Waals surface area contributed by atoms with Crippen molar-refractivity contribution in [2.24, 2.45) is 0 Å². The van der Waals surface area contributed by atoms with Gasteiger partial charge in [-0.25, -0.2) is 18.0 Å². The topological polar surface area (TPSA) is 93.8 Å². The molecule has 1 aromatic rings. The van der Waals surface area contributed by atoms with E-state index in [1.165, 1.54) is 7.11 Å². The summed E-state index contributed by atoms with van der Waals surface area (Å²) in [5, 5.41) is 1.27. The Morgan fingerprint density at radius 3 is 2.10 bits per heavy atom. The molecule has 2 saturated heterocycles. The molecular formula is C20H30N4O5S. The number of likely N-dealkylation sites (tertiary alicyclic amines) is 2. The fourth-order valence-corrected chi connectivity index (χ4v) is 5.98. The molecule has 0 bridgehead atoms. The van der Waals surface area contributed by atoms with Crippen LogP contribution in [0.5, 0.6) is 0 Å². The van der Waals surface area contributed by atoms with Crippen molar-refractivity contribution in [1.82, 2.24) is 18.3 Å². The van der Waals surface area contributed by atoms with E-state index in [0.29, 0.717) is 24.5 Å². The molecule has 0 radical (unpaired) electrons. The predicted molar refractivity (Wildman–Crippen MR) is 113 cm³/mol. The standard InChI is InChI=1S/C20H30N4O5S/c1-29-20(26)22-13-7-15(8-14-22)21-11-9-16(10-12-21)23-17-5-3-4-6-18(17)24(19(23)25)30(2,27)28/h5-6,15-16H,3-4,7-14H2,1-2H3. The lowest BCUT2D eigenvalue weighted by molar-refractivity contribution is 0.0680. The van der Waals surface area contributed by atoms with E-state index in [-0.39, 0.29) is 12.1 Å². The number of imidazole rings is 1. The first kappa shape index (κ1) is 21.2. The van der Waals surface area contributed by atoms with Crippen LogP contribution < -0.4 is 16.4 Å². The Balaban J connectivity index is 1.49. The van der Waals surface area contributed by atoms with Crippen LogP contribution in [0.2, 0.25) is 0 Å². The van der Waals surface area contributed by atoms with Crippen molar-refractivity contribution in [3.05, 3.63) is 21.2 Å². The van der Waals surface area contributed by atoms with E-state index in [4.69, 9.17) is 4.74 Å². The quantitative estimate of drug-likeness (QED) is 0.642. The van der Waals surface area contributed by atoms with Gasteiger partial charge in [0.1, 0.15) is 0 Å². The van der Waals surface area contributed by atoms with E-state index in [1.54, 1.807) is 9.47 Å². The normalized spacial score (nSPS) is 21.6. The minimum Gasteiger partial charge on any atom is -0.453 e. The second-order valence-electron chi connectivity index (χ2n) is 8.39. The summed E-state index contributed by atoms with van der Waals surface area (Å²) in [6.07, 6.45) is 9.70. The number of carbonyl (C=O) groups excluding carboxylic acids is 1. The average molecular weight is 439 g/mol. The molecule has 0 saturated carbocycles. The second-order valence-corrected chi connectivity index (χ2v) is 10.2. The highest BCUT2D eigenvalue weighted by Gasteiger charge is 2.32. The fraction of sp³-hybridized carbons (Fsp3) is 0.700. The number of amides is 1. The minimum absolute atomic E-state index is 0.00316. The van der Waals surface area contributed by atoms with Gasteiger partial charge < -0.3 is 14.5 Å². The molecule has 9 nitrogen and oxygen atoms in total. The van der Waals surface area contributed by atoms with Crippen molar-refractivity contribution >= 4 is 28.3 Å². The van der Waals surface area contributed by atoms with Gasteiger partial charge in [0.2, 0.25) is 10.0 Å². The van der Waals surface area contributed by atoms with Gasteiger partial charge >= 0.3 is 11.8 Å². The summed E-state index contributed by atoms with van der Waals surface area (Å²) >= 11 is 0. The highest BCUT2D eigenvalue weighted by molar-refractivity contribution is 7.89. The van der Waals surface area contributed by atoms with E-state index in [2.05, 4.69) is 4.90 Å². The summed E-state index contributed by atoms with van der Waals surface area (Å²) < 4.78 is 32.0. The van der Waals surface area contributed by atoms with Crippen LogP contribution in [0.1, 0.15) is 44.6 Å². The molecule has 0 atom stereocenters. The van der Waals surface area contributed by atoms with Gasteiger partial charge in [0.05, 0.1) is 24.1 Å². The van der Waals surface area contributed by atoms with Crippen LogP contribution in [0.25, 0.3) is 12.2 Å². The number of methoxy groups -OCH3 is 1. The molecule has 1 amide bonds. The first-order valence-corrected chi connectivity index (χ1v) is 12.5. The number of fused-ring (bicyclic) bond motifs is 1. The number of aromatic nitrogens is 2. The Bertz CT molecular complexity index is 1090. The van der Waals surface area contributed by atoms with Crippen LogP contribution in [0.3, 0.4) is 0 Å². The number of nitrogens with zero attached hydrogens (tertiary/aromatic N) is 4. The molecule has 0 spiro atoms. The van der Waals surface area contributed by atoms with E-state index < -0.39 is 15.7 Å². The zero-order chi connectivity index (χ0) is 21.5. The maximum atomic E-state index is 13.1. The van der Waals surface area contributed by atoms with E-state index in [9.17, 15) is 18.0 Å². The molecule has 4 rings (SSSR count). The van der Waals surface area contributed by atoms with Crippen LogP contribution in [0.15, 0.2) is 4.79 Å². The highest BCUT2D eigenvalue weighted by atomic mass is 32.2. The molecule has 166 valence electrons. The number of carbonyl (C=O) groups is 1. The van der Waals surface area contributed by atoms with Crippen molar-refractivity contribution in [3.8, 4) is 0 Å². The van der Waals surface area contributed by atoms with Gasteiger partial charge in [-0.3, -0.25) is 4.57 Å². The van der Waals surface area contributed by atoms with Gasteiger partial charge in [0.15, 0.2) is 0 Å². The van der Waals surface area contributed by atoms with Gasteiger partial charge in [-0.05, 0) is 38.5 Å². The first-order chi connectivity index (χ1) is 14.3. The van der Waals surface area contributed by atoms with Crippen LogP contribution in [-0.4, -0.2) is 78.4 Å². The first-order valence-electron chi connectivity index (χ1n) is 10.6. The third kappa shape index (κ3) is 3.82. The fourth-order valence-electron chi connectivity index (χ4n) is 5.09. The molecule has 30 heavy (non-hydrogen) atoms. The Hall–Kier alpha value is -2.07. The molecule has 2 aliphatic heterocycles. The van der Waals surface area contributed by atoms with E-state index in [0.717, 1.165) is 67.2 Å². The number of ether oxygens (including phenoxy) is 1. The monoisotopic (exact) mass is 438 g/mol. The predicted octanol–water partition coefficient (Wildman–Crippen LogP) is -0.320. The molecule has 1 aliphatic carbocycles. The molecule has 0 N–H and O–H groups in total. The van der Waals surface area contributed by atoms with Crippen molar-refractivity contribution in [2.75, 3.05) is 39.5 Å². The number of hydrogen-bond donors (Lipinski definition) is 0. The van der Waals surface area contributed by atoms with E-state index >= 15 is 0 Å². The molecule has 2 fully saturated rings. The Morgan fingerprint density at radius 2 is 1.53 bits per heavy atom. The van der Waals surface area contributed by atoms with Gasteiger partial charge in [-0.15, -0.1) is 0 Å². The molecule has 0 unspecified atom stereocenters. The highest BCUT2D eigenvalue weighted by Crippen LogP contribution is 2.25. The van der Waals surface area contributed by atoms with E-state index in [1.807, 2.05) is 12.2 Å². The zero-order valence-electron chi connectivity index (χ0n) is 17.6. The lowest BCUT2D eigenvalue weighted by Crippen LogP contribution is -2.50. The zero-order valence-corrected chi connectivity index (χ0v) is 18.4. The average Bonchev–Trinajstić information content (AvgIpc) is 3.05. The second kappa shape index (κ2) is 8.22. The summed E-state index contributed by atoms with van der Waals surface area (Å²) in [6.45, 7) is 3.13. The van der Waals surface area contributed by atoms with Crippen LogP contribution in [0, 0.1) is 0 Å². The summed E-state index contributed by atoms with van der Waals surface area (Å²) in [5.74, 6) is 0. The number of hydrogen-bond acceptors (Lipinski definition) is 6. The summed E-state index contributed by atoms with van der Waals surface area (Å²) in [7, 11) is -2.25. The lowest BCUT2D eigenvalue weighted by Gasteiger charge is -2.41. The van der Waals surface area contributed by atoms with Gasteiger partial charge in [0.25, 0.3) is 0 Å². The van der Waals surface area contributed by atoms with Crippen molar-refractivity contribution in [2.45, 2.75) is 50.6 Å². The lowest BCUT2D eigenvalue weighted by atomic mass is 9.97. The Labute approximate surface area is 176 Å². The molecule has 0 aromatic carbocycles.